The summed E-state index contributed by atoms with van der Waals surface area (Å²) in [4.78, 5) is 11.9. The Morgan fingerprint density at radius 3 is 2.71 bits per heavy atom. The lowest BCUT2D eigenvalue weighted by atomic mass is 9.99. The zero-order chi connectivity index (χ0) is 15.7. The van der Waals surface area contributed by atoms with Crippen molar-refractivity contribution in [2.24, 2.45) is 5.92 Å². The number of nitrogens with one attached hydrogen (secondary N) is 1. The highest BCUT2D eigenvalue weighted by molar-refractivity contribution is 5.77. The molecule has 0 aliphatic carbocycles. The highest BCUT2D eigenvalue weighted by atomic mass is 16.5. The molecular formula is C18H29NO2. The van der Waals surface area contributed by atoms with Crippen molar-refractivity contribution in [3.8, 4) is 5.75 Å². The van der Waals surface area contributed by atoms with E-state index in [1.54, 1.807) is 0 Å². The third-order valence-corrected chi connectivity index (χ3v) is 3.83. The Hall–Kier alpha value is -1.51. The number of hydrogen-bond donors (Lipinski definition) is 1. The van der Waals surface area contributed by atoms with Crippen molar-refractivity contribution < 1.29 is 9.53 Å². The molecule has 0 heterocycles. The summed E-state index contributed by atoms with van der Waals surface area (Å²) < 4.78 is 5.61. The minimum Gasteiger partial charge on any atom is -0.483 e. The summed E-state index contributed by atoms with van der Waals surface area (Å²) in [6, 6.07) is 6.03. The van der Waals surface area contributed by atoms with Gasteiger partial charge in [-0.1, -0.05) is 45.2 Å². The van der Waals surface area contributed by atoms with Gasteiger partial charge in [-0.15, -0.1) is 0 Å². The molecule has 0 radical (unpaired) electrons. The first-order valence-electron chi connectivity index (χ1n) is 8.03. The molecule has 21 heavy (non-hydrogen) atoms. The molecule has 1 atom stereocenters. The molecule has 3 heteroatoms. The molecule has 0 unspecified atom stereocenters. The Bertz CT molecular complexity index is 443. The maximum absolute atomic E-state index is 11.9. The van der Waals surface area contributed by atoms with E-state index in [9.17, 15) is 4.79 Å². The Balaban J connectivity index is 2.35. The molecule has 0 bridgehead atoms. The van der Waals surface area contributed by atoms with E-state index in [2.05, 4.69) is 19.2 Å². The van der Waals surface area contributed by atoms with Crippen molar-refractivity contribution in [3.05, 3.63) is 29.3 Å². The van der Waals surface area contributed by atoms with Gasteiger partial charge in [-0.25, -0.2) is 0 Å². The zero-order valence-electron chi connectivity index (χ0n) is 13.9. The quantitative estimate of drug-likeness (QED) is 0.746. The van der Waals surface area contributed by atoms with Crippen molar-refractivity contribution in [3.63, 3.8) is 0 Å². The predicted molar refractivity (Wildman–Crippen MR) is 87.7 cm³/mol. The minimum atomic E-state index is -0.0362. The van der Waals surface area contributed by atoms with Crippen molar-refractivity contribution in [2.75, 3.05) is 13.2 Å². The first-order valence-corrected chi connectivity index (χ1v) is 8.03. The number of amides is 1. The Kier molecular flexibility index (Phi) is 7.88. The van der Waals surface area contributed by atoms with Crippen LogP contribution in [0.3, 0.4) is 0 Å². The van der Waals surface area contributed by atoms with Crippen LogP contribution in [0, 0.1) is 19.8 Å². The summed E-state index contributed by atoms with van der Waals surface area (Å²) in [6.07, 6.45) is 4.73. The van der Waals surface area contributed by atoms with Crippen LogP contribution < -0.4 is 10.1 Å². The van der Waals surface area contributed by atoms with Crippen molar-refractivity contribution in [2.45, 2.75) is 53.4 Å². The van der Waals surface area contributed by atoms with Gasteiger partial charge in [-0.2, -0.15) is 0 Å². The van der Waals surface area contributed by atoms with E-state index in [0.717, 1.165) is 29.8 Å². The Morgan fingerprint density at radius 2 is 2.05 bits per heavy atom. The topological polar surface area (TPSA) is 38.3 Å². The van der Waals surface area contributed by atoms with Crippen LogP contribution in [-0.4, -0.2) is 19.1 Å². The lowest BCUT2D eigenvalue weighted by Gasteiger charge is -2.16. The average molecular weight is 291 g/mol. The van der Waals surface area contributed by atoms with Crippen LogP contribution in [0.1, 0.15) is 50.7 Å². The second-order valence-corrected chi connectivity index (χ2v) is 5.78. The molecule has 0 saturated carbocycles. The first-order chi connectivity index (χ1) is 10.1. The summed E-state index contributed by atoms with van der Waals surface area (Å²) in [5, 5.41) is 2.98. The van der Waals surface area contributed by atoms with Crippen LogP contribution >= 0.6 is 0 Å². The SMILES string of the molecule is CCCC[C@@H](CC)CNC(=O)COc1cc(C)ccc1C. The molecule has 3 nitrogen and oxygen atoms in total. The van der Waals surface area contributed by atoms with Crippen molar-refractivity contribution >= 4 is 5.91 Å². The van der Waals surface area contributed by atoms with Gasteiger partial charge in [0, 0.05) is 6.54 Å². The van der Waals surface area contributed by atoms with E-state index in [-0.39, 0.29) is 12.5 Å². The maximum Gasteiger partial charge on any atom is 0.257 e. The lowest BCUT2D eigenvalue weighted by molar-refractivity contribution is -0.123. The fraction of sp³-hybridized carbons (Fsp3) is 0.611. The van der Waals surface area contributed by atoms with E-state index in [1.807, 2.05) is 32.0 Å². The minimum absolute atomic E-state index is 0.0362. The second kappa shape index (κ2) is 9.43. The highest BCUT2D eigenvalue weighted by Gasteiger charge is 2.09. The lowest BCUT2D eigenvalue weighted by Crippen LogP contribution is -2.33. The molecule has 0 aromatic heterocycles. The number of benzene rings is 1. The third kappa shape index (κ3) is 6.65. The van der Waals surface area contributed by atoms with E-state index >= 15 is 0 Å². The van der Waals surface area contributed by atoms with Crippen LogP contribution in [0.2, 0.25) is 0 Å². The number of ether oxygens (including phenoxy) is 1. The number of unbranched alkanes of at least 4 members (excludes halogenated alkanes) is 1. The van der Waals surface area contributed by atoms with Gasteiger partial charge < -0.3 is 10.1 Å². The van der Waals surface area contributed by atoms with Gasteiger partial charge in [0.2, 0.25) is 0 Å². The summed E-state index contributed by atoms with van der Waals surface area (Å²) in [6.45, 7) is 9.24. The fourth-order valence-corrected chi connectivity index (χ4v) is 2.26. The summed E-state index contributed by atoms with van der Waals surface area (Å²) in [5.41, 5.74) is 2.20. The predicted octanol–water partition coefficient (Wildman–Crippen LogP) is 4.01. The standard InChI is InChI=1S/C18H29NO2/c1-5-7-8-16(6-2)12-19-18(20)13-21-17-11-14(3)9-10-15(17)4/h9-11,16H,5-8,12-13H2,1-4H3,(H,19,20)/t16-/m1/s1. The van der Waals surface area contributed by atoms with Gasteiger partial charge in [0.1, 0.15) is 5.75 Å². The molecule has 0 spiro atoms. The van der Waals surface area contributed by atoms with Gasteiger partial charge in [0.05, 0.1) is 0 Å². The number of carbonyl (C=O) groups excluding carboxylic acids is 1. The van der Waals surface area contributed by atoms with Gasteiger partial charge >= 0.3 is 0 Å². The van der Waals surface area contributed by atoms with Crippen LogP contribution in [0.4, 0.5) is 0 Å². The van der Waals surface area contributed by atoms with Crippen molar-refractivity contribution in [1.29, 1.82) is 0 Å². The molecule has 0 aliphatic rings. The number of aryl methyl sites for hydroxylation is 2. The van der Waals surface area contributed by atoms with Crippen LogP contribution in [0.15, 0.2) is 18.2 Å². The number of hydrogen-bond acceptors (Lipinski definition) is 2. The van der Waals surface area contributed by atoms with E-state index in [0.29, 0.717) is 5.92 Å². The zero-order valence-corrected chi connectivity index (χ0v) is 13.9. The Morgan fingerprint density at radius 1 is 1.29 bits per heavy atom. The molecule has 118 valence electrons. The van der Waals surface area contributed by atoms with Crippen LogP contribution in [0.25, 0.3) is 0 Å². The molecule has 1 aromatic rings. The third-order valence-electron chi connectivity index (χ3n) is 3.83. The number of carbonyl (C=O) groups is 1. The molecule has 1 amide bonds. The maximum atomic E-state index is 11.9. The summed E-state index contributed by atoms with van der Waals surface area (Å²) in [5.74, 6) is 1.34. The van der Waals surface area contributed by atoms with Gasteiger partial charge in [-0.05, 0) is 43.4 Å². The highest BCUT2D eigenvalue weighted by Crippen LogP contribution is 2.18. The van der Waals surface area contributed by atoms with E-state index < -0.39 is 0 Å². The van der Waals surface area contributed by atoms with Gasteiger partial charge in [0.15, 0.2) is 6.61 Å². The van der Waals surface area contributed by atoms with E-state index in [1.165, 1.54) is 19.3 Å². The second-order valence-electron chi connectivity index (χ2n) is 5.78. The van der Waals surface area contributed by atoms with Crippen LogP contribution in [-0.2, 0) is 4.79 Å². The monoisotopic (exact) mass is 291 g/mol. The van der Waals surface area contributed by atoms with Gasteiger partial charge in [0.25, 0.3) is 5.91 Å². The van der Waals surface area contributed by atoms with Crippen LogP contribution in [0.5, 0.6) is 5.75 Å². The smallest absolute Gasteiger partial charge is 0.257 e. The fourth-order valence-electron chi connectivity index (χ4n) is 2.26. The largest absolute Gasteiger partial charge is 0.483 e. The summed E-state index contributed by atoms with van der Waals surface area (Å²) in [7, 11) is 0. The first kappa shape index (κ1) is 17.5. The number of rotatable bonds is 9. The van der Waals surface area contributed by atoms with Gasteiger partial charge in [-0.3, -0.25) is 4.79 Å². The molecular weight excluding hydrogens is 262 g/mol. The molecule has 0 aliphatic heterocycles. The Labute approximate surface area is 129 Å². The average Bonchev–Trinajstić information content (AvgIpc) is 2.48. The normalized spacial score (nSPS) is 12.0. The molecule has 1 aromatic carbocycles. The summed E-state index contributed by atoms with van der Waals surface area (Å²) >= 11 is 0. The molecule has 1 N–H and O–H groups in total. The van der Waals surface area contributed by atoms with Crippen molar-refractivity contribution in [1.82, 2.24) is 5.32 Å². The molecule has 0 saturated heterocycles. The molecule has 1 rings (SSSR count). The van der Waals surface area contributed by atoms with E-state index in [4.69, 9.17) is 4.74 Å². The molecule has 0 fully saturated rings.